The molecule has 0 aliphatic heterocycles. The summed E-state index contributed by atoms with van der Waals surface area (Å²) in [6.45, 7) is 0.508. The molecule has 2 aromatic carbocycles. The highest BCUT2D eigenvalue weighted by Crippen LogP contribution is 2.23. The number of hydrogen-bond donors (Lipinski definition) is 2. The number of phenols is 1. The van der Waals surface area contributed by atoms with E-state index in [1.807, 2.05) is 17.5 Å². The summed E-state index contributed by atoms with van der Waals surface area (Å²) in [6, 6.07) is 13.8. The molecule has 0 saturated carbocycles. The highest BCUT2D eigenvalue weighted by Gasteiger charge is 2.08. The molecular formula is C18H15ClN2O2S. The summed E-state index contributed by atoms with van der Waals surface area (Å²) >= 11 is 7.44. The zero-order chi connectivity index (χ0) is 16.9. The van der Waals surface area contributed by atoms with Gasteiger partial charge < -0.3 is 10.4 Å². The van der Waals surface area contributed by atoms with E-state index in [2.05, 4.69) is 10.3 Å². The van der Waals surface area contributed by atoms with E-state index in [0.29, 0.717) is 23.6 Å². The van der Waals surface area contributed by atoms with Gasteiger partial charge in [-0.1, -0.05) is 17.7 Å². The second kappa shape index (κ2) is 7.47. The number of amides is 1. The van der Waals surface area contributed by atoms with Gasteiger partial charge in [-0.2, -0.15) is 0 Å². The third-order valence-electron chi connectivity index (χ3n) is 3.43. The molecule has 0 unspecified atom stereocenters. The van der Waals surface area contributed by atoms with Crippen molar-refractivity contribution in [2.75, 3.05) is 6.54 Å². The number of aromatic hydroxyl groups is 1. The van der Waals surface area contributed by atoms with Crippen LogP contribution in [0.15, 0.2) is 53.9 Å². The molecule has 0 saturated heterocycles. The minimum atomic E-state index is -0.146. The van der Waals surface area contributed by atoms with E-state index in [4.69, 9.17) is 11.6 Å². The van der Waals surface area contributed by atoms with Crippen molar-refractivity contribution in [3.63, 3.8) is 0 Å². The molecule has 0 fully saturated rings. The molecule has 2 N–H and O–H groups in total. The highest BCUT2D eigenvalue weighted by atomic mass is 35.5. The van der Waals surface area contributed by atoms with Crippen LogP contribution in [0.1, 0.15) is 15.4 Å². The van der Waals surface area contributed by atoms with Gasteiger partial charge in [0.25, 0.3) is 5.91 Å². The number of nitrogens with zero attached hydrogens (tertiary/aromatic N) is 1. The zero-order valence-corrected chi connectivity index (χ0v) is 14.3. The number of phenolic OH excluding ortho intramolecular Hbond substituents is 1. The molecule has 122 valence electrons. The summed E-state index contributed by atoms with van der Waals surface area (Å²) in [7, 11) is 0. The van der Waals surface area contributed by atoms with Gasteiger partial charge in [0.2, 0.25) is 0 Å². The van der Waals surface area contributed by atoms with E-state index >= 15 is 0 Å². The lowest BCUT2D eigenvalue weighted by molar-refractivity contribution is 0.0954. The van der Waals surface area contributed by atoms with Crippen LogP contribution in [0.5, 0.6) is 5.75 Å². The Hall–Kier alpha value is -2.37. The summed E-state index contributed by atoms with van der Waals surface area (Å²) in [5, 5.41) is 15.7. The van der Waals surface area contributed by atoms with Gasteiger partial charge in [0.1, 0.15) is 5.75 Å². The van der Waals surface area contributed by atoms with Crippen LogP contribution in [0.4, 0.5) is 0 Å². The number of carbonyl (C=O) groups excluding carboxylic acids is 1. The summed E-state index contributed by atoms with van der Waals surface area (Å²) in [5.41, 5.74) is 2.38. The van der Waals surface area contributed by atoms with Gasteiger partial charge in [0.15, 0.2) is 0 Å². The lowest BCUT2D eigenvalue weighted by atomic mass is 10.2. The van der Waals surface area contributed by atoms with Gasteiger partial charge in [0, 0.05) is 34.5 Å². The molecule has 0 atom stereocenters. The molecule has 3 rings (SSSR count). The minimum Gasteiger partial charge on any atom is -0.508 e. The Morgan fingerprint density at radius 3 is 2.75 bits per heavy atom. The first-order chi connectivity index (χ1) is 11.6. The molecule has 0 aliphatic carbocycles. The molecule has 1 amide bonds. The van der Waals surface area contributed by atoms with Gasteiger partial charge in [-0.25, -0.2) is 4.98 Å². The van der Waals surface area contributed by atoms with Crippen LogP contribution in [0, 0.1) is 0 Å². The Morgan fingerprint density at radius 2 is 2.00 bits per heavy atom. The number of carbonyl (C=O) groups is 1. The van der Waals surface area contributed by atoms with Gasteiger partial charge in [-0.3, -0.25) is 4.79 Å². The number of hydrogen-bond acceptors (Lipinski definition) is 4. The molecule has 0 aliphatic rings. The number of benzene rings is 2. The van der Waals surface area contributed by atoms with Gasteiger partial charge in [-0.05, 0) is 42.5 Å². The van der Waals surface area contributed by atoms with E-state index in [9.17, 15) is 9.90 Å². The fraction of sp³-hybridized carbons (Fsp3) is 0.111. The Labute approximate surface area is 148 Å². The second-order valence-electron chi connectivity index (χ2n) is 5.19. The van der Waals surface area contributed by atoms with Crippen molar-refractivity contribution in [3.8, 4) is 17.0 Å². The molecule has 6 heteroatoms. The topological polar surface area (TPSA) is 62.2 Å². The van der Waals surface area contributed by atoms with Crippen molar-refractivity contribution >= 4 is 28.8 Å². The van der Waals surface area contributed by atoms with Crippen LogP contribution in [0.2, 0.25) is 5.02 Å². The van der Waals surface area contributed by atoms with Crippen molar-refractivity contribution in [2.45, 2.75) is 6.42 Å². The van der Waals surface area contributed by atoms with Crippen LogP contribution in [-0.4, -0.2) is 22.5 Å². The maximum Gasteiger partial charge on any atom is 0.251 e. The first-order valence-corrected chi connectivity index (χ1v) is 8.65. The van der Waals surface area contributed by atoms with Gasteiger partial charge >= 0.3 is 0 Å². The van der Waals surface area contributed by atoms with E-state index in [0.717, 1.165) is 16.3 Å². The molecule has 1 aromatic heterocycles. The summed E-state index contributed by atoms with van der Waals surface area (Å²) in [6.07, 6.45) is 0.662. The van der Waals surface area contributed by atoms with Gasteiger partial charge in [-0.15, -0.1) is 11.3 Å². The summed E-state index contributed by atoms with van der Waals surface area (Å²) in [4.78, 5) is 16.6. The average molecular weight is 359 g/mol. The lowest BCUT2D eigenvalue weighted by Gasteiger charge is -2.04. The van der Waals surface area contributed by atoms with Crippen molar-refractivity contribution in [2.24, 2.45) is 0 Å². The Kier molecular flexibility index (Phi) is 5.13. The number of aromatic nitrogens is 1. The smallest absolute Gasteiger partial charge is 0.251 e. The maximum atomic E-state index is 12.0. The van der Waals surface area contributed by atoms with E-state index in [1.165, 1.54) is 0 Å². The van der Waals surface area contributed by atoms with E-state index in [1.54, 1.807) is 47.7 Å². The Bertz CT molecular complexity index is 846. The fourth-order valence-corrected chi connectivity index (χ4v) is 3.20. The maximum absolute atomic E-state index is 12.0. The standard InChI is InChI=1S/C18H15ClN2O2S/c19-14-3-1-2-13(10-14)18(23)20-9-8-17-21-16(11-24-17)12-4-6-15(22)7-5-12/h1-7,10-11,22H,8-9H2,(H,20,23). The van der Waals surface area contributed by atoms with Crippen molar-refractivity contribution in [1.82, 2.24) is 10.3 Å². The molecule has 1 heterocycles. The van der Waals surface area contributed by atoms with Crippen LogP contribution >= 0.6 is 22.9 Å². The van der Waals surface area contributed by atoms with Gasteiger partial charge in [0.05, 0.1) is 10.7 Å². The summed E-state index contributed by atoms with van der Waals surface area (Å²) in [5.74, 6) is 0.0887. The third-order valence-corrected chi connectivity index (χ3v) is 4.57. The molecule has 0 bridgehead atoms. The first kappa shape index (κ1) is 16.5. The molecule has 24 heavy (non-hydrogen) atoms. The predicted octanol–water partition coefficient (Wildman–Crippen LogP) is 4.14. The van der Waals surface area contributed by atoms with Crippen molar-refractivity contribution in [3.05, 3.63) is 69.5 Å². The Balaban J connectivity index is 1.56. The monoisotopic (exact) mass is 358 g/mol. The fourth-order valence-electron chi connectivity index (χ4n) is 2.21. The van der Waals surface area contributed by atoms with E-state index < -0.39 is 0 Å². The molecular weight excluding hydrogens is 344 g/mol. The van der Waals surface area contributed by atoms with Crippen molar-refractivity contribution < 1.29 is 9.90 Å². The highest BCUT2D eigenvalue weighted by molar-refractivity contribution is 7.09. The molecule has 0 spiro atoms. The van der Waals surface area contributed by atoms with Crippen LogP contribution in [0.3, 0.4) is 0 Å². The molecule has 0 radical (unpaired) electrons. The number of halogens is 1. The van der Waals surface area contributed by atoms with Crippen LogP contribution < -0.4 is 5.32 Å². The second-order valence-corrected chi connectivity index (χ2v) is 6.57. The van der Waals surface area contributed by atoms with Crippen molar-refractivity contribution in [1.29, 1.82) is 0 Å². The molecule has 4 nitrogen and oxygen atoms in total. The third kappa shape index (κ3) is 4.13. The zero-order valence-electron chi connectivity index (χ0n) is 12.7. The first-order valence-electron chi connectivity index (χ1n) is 7.39. The van der Waals surface area contributed by atoms with Crippen LogP contribution in [-0.2, 0) is 6.42 Å². The molecule has 3 aromatic rings. The summed E-state index contributed by atoms with van der Waals surface area (Å²) < 4.78 is 0. The number of nitrogens with one attached hydrogen (secondary N) is 1. The normalized spacial score (nSPS) is 10.5. The SMILES string of the molecule is O=C(NCCc1nc(-c2ccc(O)cc2)cs1)c1cccc(Cl)c1. The lowest BCUT2D eigenvalue weighted by Crippen LogP contribution is -2.25. The Morgan fingerprint density at radius 1 is 1.21 bits per heavy atom. The number of rotatable bonds is 5. The minimum absolute atomic E-state index is 0.146. The van der Waals surface area contributed by atoms with Crippen LogP contribution in [0.25, 0.3) is 11.3 Å². The number of thiazole rings is 1. The predicted molar refractivity (Wildman–Crippen MR) is 96.7 cm³/mol. The van der Waals surface area contributed by atoms with E-state index in [-0.39, 0.29) is 11.7 Å². The average Bonchev–Trinajstić information content (AvgIpc) is 3.04. The quantitative estimate of drug-likeness (QED) is 0.720. The largest absolute Gasteiger partial charge is 0.508 e.